The minimum absolute atomic E-state index is 0.0123. The van der Waals surface area contributed by atoms with Crippen LogP contribution in [0.15, 0.2) is 24.8 Å². The number of aromatic nitrogens is 1. The minimum Gasteiger partial charge on any atom is -0.367 e. The smallest absolute Gasteiger partial charge is 0.246 e. The maximum Gasteiger partial charge on any atom is 0.246 e. The summed E-state index contributed by atoms with van der Waals surface area (Å²) in [6, 6.07) is 3.50. The van der Waals surface area contributed by atoms with Crippen LogP contribution in [-0.4, -0.2) is 41.5 Å². The Hall–Kier alpha value is -2.30. The number of piperidine rings is 1. The van der Waals surface area contributed by atoms with Gasteiger partial charge in [0.25, 0.3) is 0 Å². The first kappa shape index (κ1) is 16.2. The molecule has 1 N–H and O–H groups in total. The molecule has 0 aliphatic carbocycles. The number of aryl methyl sites for hydroxylation is 2. The zero-order valence-corrected chi connectivity index (χ0v) is 14.8. The summed E-state index contributed by atoms with van der Waals surface area (Å²) < 4.78 is 14.8. The highest BCUT2D eigenvalue weighted by atomic mass is 19.1. The van der Waals surface area contributed by atoms with Crippen molar-refractivity contribution < 1.29 is 9.18 Å². The van der Waals surface area contributed by atoms with Gasteiger partial charge >= 0.3 is 0 Å². The summed E-state index contributed by atoms with van der Waals surface area (Å²) in [5, 5.41) is 0.968. The van der Waals surface area contributed by atoms with Gasteiger partial charge < -0.3 is 14.8 Å². The van der Waals surface area contributed by atoms with Crippen LogP contribution in [0.2, 0.25) is 0 Å². The molecule has 4 nitrogen and oxygen atoms in total. The molecule has 0 bridgehead atoms. The van der Waals surface area contributed by atoms with E-state index in [0.29, 0.717) is 18.2 Å². The number of nitrogens with one attached hydrogen (secondary N) is 1. The zero-order valence-electron chi connectivity index (χ0n) is 14.8. The van der Waals surface area contributed by atoms with E-state index >= 15 is 0 Å². The SMILES string of the molecule is C=CC(=O)N1CCC2CCN(c3c(F)ccc4[nH]c(C)c(C)c34)CC21. The second-order valence-electron chi connectivity index (χ2n) is 7.28. The van der Waals surface area contributed by atoms with E-state index < -0.39 is 0 Å². The summed E-state index contributed by atoms with van der Waals surface area (Å²) in [5.41, 5.74) is 3.81. The number of carbonyl (C=O) groups excluding carboxylic acids is 1. The van der Waals surface area contributed by atoms with E-state index in [1.54, 1.807) is 6.07 Å². The number of hydrogen-bond acceptors (Lipinski definition) is 2. The van der Waals surface area contributed by atoms with E-state index in [4.69, 9.17) is 0 Å². The van der Waals surface area contributed by atoms with Crippen LogP contribution in [0.5, 0.6) is 0 Å². The number of aromatic amines is 1. The highest BCUT2D eigenvalue weighted by Crippen LogP contribution is 2.39. The second-order valence-corrected chi connectivity index (χ2v) is 7.28. The van der Waals surface area contributed by atoms with Crippen LogP contribution < -0.4 is 4.90 Å². The summed E-state index contributed by atoms with van der Waals surface area (Å²) in [4.78, 5) is 19.6. The molecule has 2 aliphatic rings. The number of likely N-dealkylation sites (tertiary alicyclic amines) is 1. The third-order valence-electron chi connectivity index (χ3n) is 6.02. The topological polar surface area (TPSA) is 39.3 Å². The first-order valence-electron chi connectivity index (χ1n) is 8.96. The molecule has 2 aliphatic heterocycles. The number of H-pyrrole nitrogens is 1. The fraction of sp³-hybridized carbons (Fsp3) is 0.450. The maximum atomic E-state index is 14.8. The number of halogens is 1. The van der Waals surface area contributed by atoms with Crippen molar-refractivity contribution in [1.82, 2.24) is 9.88 Å². The Kier molecular flexibility index (Phi) is 3.82. The number of fused-ring (bicyclic) bond motifs is 2. The number of carbonyl (C=O) groups is 1. The van der Waals surface area contributed by atoms with Gasteiger partial charge in [-0.2, -0.15) is 0 Å². The molecule has 0 spiro atoms. The lowest BCUT2D eigenvalue weighted by Gasteiger charge is -2.39. The molecule has 2 fully saturated rings. The van der Waals surface area contributed by atoms with Gasteiger partial charge in [0.15, 0.2) is 0 Å². The highest BCUT2D eigenvalue weighted by Gasteiger charge is 2.40. The fourth-order valence-corrected chi connectivity index (χ4v) is 4.58. The number of anilines is 1. The Bertz CT molecular complexity index is 856. The molecular weight excluding hydrogens is 317 g/mol. The first-order chi connectivity index (χ1) is 12.0. The lowest BCUT2D eigenvalue weighted by Crippen LogP contribution is -2.49. The summed E-state index contributed by atoms with van der Waals surface area (Å²) in [6.07, 6.45) is 3.42. The van der Waals surface area contributed by atoms with Crippen LogP contribution in [0.3, 0.4) is 0 Å². The van der Waals surface area contributed by atoms with Gasteiger partial charge in [0.2, 0.25) is 5.91 Å². The van der Waals surface area contributed by atoms with E-state index in [-0.39, 0.29) is 17.8 Å². The molecular formula is C20H24FN3O. The fourth-order valence-electron chi connectivity index (χ4n) is 4.58. The summed E-state index contributed by atoms with van der Waals surface area (Å²) in [6.45, 7) is 9.97. The minimum atomic E-state index is -0.187. The van der Waals surface area contributed by atoms with Crippen molar-refractivity contribution in [3.05, 3.63) is 41.9 Å². The molecule has 1 aromatic heterocycles. The van der Waals surface area contributed by atoms with E-state index in [1.165, 1.54) is 6.08 Å². The molecule has 0 radical (unpaired) electrons. The van der Waals surface area contributed by atoms with Gasteiger partial charge in [0, 0.05) is 36.2 Å². The lowest BCUT2D eigenvalue weighted by atomic mass is 9.91. The van der Waals surface area contributed by atoms with E-state index in [9.17, 15) is 9.18 Å². The van der Waals surface area contributed by atoms with Crippen molar-refractivity contribution in [1.29, 1.82) is 0 Å². The average Bonchev–Trinajstić information content (AvgIpc) is 3.16. The third-order valence-corrected chi connectivity index (χ3v) is 6.02. The molecule has 3 heterocycles. The molecule has 0 saturated carbocycles. The van der Waals surface area contributed by atoms with Gasteiger partial charge in [-0.3, -0.25) is 4.79 Å². The van der Waals surface area contributed by atoms with Gasteiger partial charge in [-0.25, -0.2) is 4.39 Å². The molecule has 5 heteroatoms. The van der Waals surface area contributed by atoms with E-state index in [1.807, 2.05) is 24.8 Å². The largest absolute Gasteiger partial charge is 0.367 e. The van der Waals surface area contributed by atoms with Crippen LogP contribution in [0.1, 0.15) is 24.1 Å². The molecule has 1 aromatic carbocycles. The molecule has 1 amide bonds. The Morgan fingerprint density at radius 3 is 2.84 bits per heavy atom. The number of benzene rings is 1. The Labute approximate surface area is 147 Å². The average molecular weight is 341 g/mol. The quantitative estimate of drug-likeness (QED) is 0.849. The molecule has 4 rings (SSSR count). The number of hydrogen-bond donors (Lipinski definition) is 1. The van der Waals surface area contributed by atoms with Crippen LogP contribution >= 0.6 is 0 Å². The molecule has 132 valence electrons. The van der Waals surface area contributed by atoms with Gasteiger partial charge in [-0.1, -0.05) is 6.58 Å². The van der Waals surface area contributed by atoms with E-state index in [2.05, 4.69) is 16.5 Å². The Morgan fingerprint density at radius 1 is 1.32 bits per heavy atom. The van der Waals surface area contributed by atoms with Gasteiger partial charge in [-0.05, 0) is 56.4 Å². The predicted octanol–water partition coefficient (Wildman–Crippen LogP) is 3.54. The summed E-state index contributed by atoms with van der Waals surface area (Å²) in [7, 11) is 0. The van der Waals surface area contributed by atoms with Crippen molar-refractivity contribution in [3.63, 3.8) is 0 Å². The second kappa shape index (κ2) is 5.90. The molecule has 2 atom stereocenters. The van der Waals surface area contributed by atoms with Crippen molar-refractivity contribution in [2.45, 2.75) is 32.7 Å². The van der Waals surface area contributed by atoms with Crippen LogP contribution in [-0.2, 0) is 4.79 Å². The van der Waals surface area contributed by atoms with Crippen molar-refractivity contribution in [2.24, 2.45) is 5.92 Å². The van der Waals surface area contributed by atoms with E-state index in [0.717, 1.165) is 48.1 Å². The van der Waals surface area contributed by atoms with Crippen LogP contribution in [0.25, 0.3) is 10.9 Å². The third kappa shape index (κ3) is 2.44. The number of nitrogens with zero attached hydrogens (tertiary/aromatic N) is 2. The molecule has 2 aromatic rings. The van der Waals surface area contributed by atoms with Crippen LogP contribution in [0, 0.1) is 25.6 Å². The van der Waals surface area contributed by atoms with Gasteiger partial charge in [0.1, 0.15) is 5.82 Å². The zero-order chi connectivity index (χ0) is 17.7. The Balaban J connectivity index is 1.74. The van der Waals surface area contributed by atoms with Gasteiger partial charge in [0.05, 0.1) is 11.7 Å². The highest BCUT2D eigenvalue weighted by molar-refractivity contribution is 5.96. The van der Waals surface area contributed by atoms with Crippen LogP contribution in [0.4, 0.5) is 10.1 Å². The molecule has 2 unspecified atom stereocenters. The first-order valence-corrected chi connectivity index (χ1v) is 8.96. The summed E-state index contributed by atoms with van der Waals surface area (Å²) >= 11 is 0. The predicted molar refractivity (Wildman–Crippen MR) is 98.4 cm³/mol. The summed E-state index contributed by atoms with van der Waals surface area (Å²) in [5.74, 6) is 0.311. The van der Waals surface area contributed by atoms with Crippen molar-refractivity contribution >= 4 is 22.5 Å². The Morgan fingerprint density at radius 2 is 2.08 bits per heavy atom. The molecule has 2 saturated heterocycles. The van der Waals surface area contributed by atoms with Gasteiger partial charge in [-0.15, -0.1) is 0 Å². The standard InChI is InChI=1S/C20H24FN3O/c1-4-18(25)24-10-8-14-7-9-23(11-17(14)24)20-15(21)5-6-16-19(20)12(2)13(3)22-16/h4-6,14,17,22H,1,7-11H2,2-3H3. The maximum absolute atomic E-state index is 14.8. The normalized spacial score (nSPS) is 23.2. The monoisotopic (exact) mass is 341 g/mol. The number of amides is 1. The van der Waals surface area contributed by atoms with Crippen molar-refractivity contribution in [3.8, 4) is 0 Å². The number of rotatable bonds is 2. The lowest BCUT2D eigenvalue weighted by molar-refractivity contribution is -0.127. The molecule has 25 heavy (non-hydrogen) atoms. The van der Waals surface area contributed by atoms with Crippen molar-refractivity contribution in [2.75, 3.05) is 24.5 Å².